The zero-order chi connectivity index (χ0) is 21.8. The molecule has 0 radical (unpaired) electrons. The van der Waals surface area contributed by atoms with Crippen LogP contribution in [0.1, 0.15) is 0 Å². The largest absolute Gasteiger partial charge is 0.338 e. The average molecular weight is 426 g/mol. The number of fused-ring (bicyclic) bond motifs is 3. The fourth-order valence-corrected chi connectivity index (χ4v) is 4.27. The highest BCUT2D eigenvalue weighted by Crippen LogP contribution is 2.28. The maximum atomic E-state index is 4.81. The summed E-state index contributed by atoms with van der Waals surface area (Å²) in [5.41, 5.74) is 8.88. The smallest absolute Gasteiger partial charge is 0.138 e. The highest BCUT2D eigenvalue weighted by Gasteiger charge is 2.11. The van der Waals surface area contributed by atoms with Crippen molar-refractivity contribution in [3.8, 4) is 34.2 Å². The van der Waals surface area contributed by atoms with Gasteiger partial charge >= 0.3 is 0 Å². The van der Waals surface area contributed by atoms with Gasteiger partial charge in [-0.05, 0) is 48.5 Å². The van der Waals surface area contributed by atoms with Crippen LogP contribution in [-0.4, -0.2) is 29.9 Å². The van der Waals surface area contributed by atoms with Crippen molar-refractivity contribution < 1.29 is 0 Å². The SMILES string of the molecule is c1ccc(-c2nc3ccc(-c4nc5ccc(-c6nc7ccccc7[nH]6)cc5[nH]4)cc3[nH]2)cc1. The Morgan fingerprint density at radius 1 is 0.394 bits per heavy atom. The lowest BCUT2D eigenvalue weighted by atomic mass is 10.2. The van der Waals surface area contributed by atoms with Crippen molar-refractivity contribution in [1.29, 1.82) is 0 Å². The van der Waals surface area contributed by atoms with Gasteiger partial charge in [0.1, 0.15) is 17.5 Å². The lowest BCUT2D eigenvalue weighted by molar-refractivity contribution is 1.33. The number of benzene rings is 4. The molecule has 4 aromatic carbocycles. The van der Waals surface area contributed by atoms with E-state index in [1.807, 2.05) is 54.6 Å². The first-order chi connectivity index (χ1) is 16.3. The number of para-hydroxylation sites is 2. The van der Waals surface area contributed by atoms with Gasteiger partial charge in [-0.25, -0.2) is 15.0 Å². The lowest BCUT2D eigenvalue weighted by Crippen LogP contribution is -1.81. The molecule has 0 amide bonds. The van der Waals surface area contributed by atoms with Gasteiger partial charge in [0.2, 0.25) is 0 Å². The Hall–Kier alpha value is -4.71. The van der Waals surface area contributed by atoms with E-state index in [0.29, 0.717) is 0 Å². The second kappa shape index (κ2) is 6.90. The van der Waals surface area contributed by atoms with Crippen molar-refractivity contribution in [3.05, 3.63) is 91.0 Å². The van der Waals surface area contributed by atoms with Gasteiger partial charge in [0.05, 0.1) is 33.1 Å². The van der Waals surface area contributed by atoms with Crippen LogP contribution in [0.2, 0.25) is 0 Å². The Morgan fingerprint density at radius 3 is 1.48 bits per heavy atom. The monoisotopic (exact) mass is 426 g/mol. The topological polar surface area (TPSA) is 86.0 Å². The molecule has 0 saturated carbocycles. The number of hydrogen-bond acceptors (Lipinski definition) is 3. The van der Waals surface area contributed by atoms with E-state index in [1.165, 1.54) is 0 Å². The van der Waals surface area contributed by atoms with E-state index < -0.39 is 0 Å². The molecule has 6 nitrogen and oxygen atoms in total. The second-order valence-electron chi connectivity index (χ2n) is 8.10. The highest BCUT2D eigenvalue weighted by molar-refractivity contribution is 5.88. The number of nitrogens with zero attached hydrogens (tertiary/aromatic N) is 3. The summed E-state index contributed by atoms with van der Waals surface area (Å²) in [7, 11) is 0. The lowest BCUT2D eigenvalue weighted by Gasteiger charge is -1.96. The summed E-state index contributed by atoms with van der Waals surface area (Å²) in [6.07, 6.45) is 0. The molecule has 3 aromatic heterocycles. The normalized spacial score (nSPS) is 11.6. The number of H-pyrrole nitrogens is 3. The molecule has 0 aliphatic heterocycles. The molecule has 0 unspecified atom stereocenters. The van der Waals surface area contributed by atoms with Gasteiger partial charge in [0, 0.05) is 16.7 Å². The predicted molar refractivity (Wildman–Crippen MR) is 132 cm³/mol. The van der Waals surface area contributed by atoms with Crippen LogP contribution in [0.15, 0.2) is 91.0 Å². The molecular formula is C27H18N6. The van der Waals surface area contributed by atoms with Crippen LogP contribution in [0.4, 0.5) is 0 Å². The first-order valence-electron chi connectivity index (χ1n) is 10.8. The molecule has 156 valence electrons. The minimum absolute atomic E-state index is 0.824. The quantitative estimate of drug-likeness (QED) is 0.309. The molecule has 0 saturated heterocycles. The maximum Gasteiger partial charge on any atom is 0.138 e. The fraction of sp³-hybridized carbons (Fsp3) is 0. The van der Waals surface area contributed by atoms with Crippen LogP contribution in [0, 0.1) is 0 Å². The number of aromatic nitrogens is 6. The predicted octanol–water partition coefficient (Wildman–Crippen LogP) is 6.32. The first kappa shape index (κ1) is 17.9. The van der Waals surface area contributed by atoms with Gasteiger partial charge in [-0.1, -0.05) is 42.5 Å². The average Bonchev–Trinajstić information content (AvgIpc) is 3.59. The van der Waals surface area contributed by atoms with E-state index in [9.17, 15) is 0 Å². The minimum Gasteiger partial charge on any atom is -0.338 e. The molecule has 0 fully saturated rings. The van der Waals surface area contributed by atoms with E-state index in [0.717, 1.165) is 67.3 Å². The maximum absolute atomic E-state index is 4.81. The van der Waals surface area contributed by atoms with Crippen molar-refractivity contribution in [3.63, 3.8) is 0 Å². The van der Waals surface area contributed by atoms with Crippen molar-refractivity contribution in [1.82, 2.24) is 29.9 Å². The molecule has 0 atom stereocenters. The van der Waals surface area contributed by atoms with E-state index in [2.05, 4.69) is 51.4 Å². The Bertz CT molecular complexity index is 1740. The van der Waals surface area contributed by atoms with Crippen LogP contribution in [0.3, 0.4) is 0 Å². The van der Waals surface area contributed by atoms with Crippen molar-refractivity contribution >= 4 is 33.1 Å². The molecule has 0 bridgehead atoms. The minimum atomic E-state index is 0.824. The van der Waals surface area contributed by atoms with Gasteiger partial charge < -0.3 is 15.0 Å². The molecule has 3 N–H and O–H groups in total. The number of rotatable bonds is 3. The van der Waals surface area contributed by atoms with E-state index in [1.54, 1.807) is 0 Å². The Kier molecular flexibility index (Phi) is 3.75. The van der Waals surface area contributed by atoms with Gasteiger partial charge in [-0.3, -0.25) is 0 Å². The zero-order valence-electron chi connectivity index (χ0n) is 17.5. The molecule has 0 spiro atoms. The summed E-state index contributed by atoms with van der Waals surface area (Å²) in [5, 5.41) is 0. The summed E-state index contributed by atoms with van der Waals surface area (Å²) in [6.45, 7) is 0. The van der Waals surface area contributed by atoms with Crippen molar-refractivity contribution in [2.24, 2.45) is 0 Å². The van der Waals surface area contributed by atoms with E-state index in [-0.39, 0.29) is 0 Å². The van der Waals surface area contributed by atoms with Crippen LogP contribution >= 0.6 is 0 Å². The third kappa shape index (κ3) is 3.00. The summed E-state index contributed by atoms with van der Waals surface area (Å²) in [5.74, 6) is 2.54. The first-order valence-corrected chi connectivity index (χ1v) is 10.8. The van der Waals surface area contributed by atoms with Crippen LogP contribution in [0.5, 0.6) is 0 Å². The summed E-state index contributed by atoms with van der Waals surface area (Å²) in [6, 6.07) is 30.5. The van der Waals surface area contributed by atoms with Gasteiger partial charge in [-0.2, -0.15) is 0 Å². The molecular weight excluding hydrogens is 408 g/mol. The van der Waals surface area contributed by atoms with Gasteiger partial charge in [0.25, 0.3) is 0 Å². The standard InChI is InChI=1S/C27H18N6/c1-2-6-16(7-3-1)25-30-21-12-11-18(15-23(21)32-25)27-31-22-13-10-17(14-24(22)33-27)26-28-19-8-4-5-9-20(19)29-26/h1-15H,(H,28,29)(H,30,32)(H,31,33). The van der Waals surface area contributed by atoms with Gasteiger partial charge in [-0.15, -0.1) is 0 Å². The fourth-order valence-electron chi connectivity index (χ4n) is 4.27. The van der Waals surface area contributed by atoms with E-state index >= 15 is 0 Å². The summed E-state index contributed by atoms with van der Waals surface area (Å²) >= 11 is 0. The third-order valence-electron chi connectivity index (χ3n) is 5.95. The van der Waals surface area contributed by atoms with Crippen LogP contribution < -0.4 is 0 Å². The molecule has 0 aliphatic carbocycles. The molecule has 7 rings (SSSR count). The number of hydrogen-bond donors (Lipinski definition) is 3. The molecule has 0 aliphatic rings. The number of aromatic amines is 3. The molecule has 33 heavy (non-hydrogen) atoms. The van der Waals surface area contributed by atoms with Crippen molar-refractivity contribution in [2.45, 2.75) is 0 Å². The summed E-state index contributed by atoms with van der Waals surface area (Å²) < 4.78 is 0. The molecule has 7 aromatic rings. The van der Waals surface area contributed by atoms with E-state index in [4.69, 9.17) is 15.0 Å². The zero-order valence-corrected chi connectivity index (χ0v) is 17.5. The van der Waals surface area contributed by atoms with Crippen molar-refractivity contribution in [2.75, 3.05) is 0 Å². The van der Waals surface area contributed by atoms with Crippen LogP contribution in [-0.2, 0) is 0 Å². The molecule has 6 heteroatoms. The number of nitrogens with one attached hydrogen (secondary N) is 3. The Balaban J connectivity index is 1.28. The Morgan fingerprint density at radius 2 is 0.879 bits per heavy atom. The number of imidazole rings is 3. The Labute approximate surface area is 188 Å². The van der Waals surface area contributed by atoms with Gasteiger partial charge in [0.15, 0.2) is 0 Å². The second-order valence-corrected chi connectivity index (χ2v) is 8.10. The third-order valence-corrected chi connectivity index (χ3v) is 5.95. The summed E-state index contributed by atoms with van der Waals surface area (Å²) in [4.78, 5) is 24.6. The molecule has 3 heterocycles. The van der Waals surface area contributed by atoms with Crippen LogP contribution in [0.25, 0.3) is 67.3 Å². The highest BCUT2D eigenvalue weighted by atomic mass is 14.9.